The van der Waals surface area contributed by atoms with Crippen molar-refractivity contribution in [2.75, 3.05) is 0 Å². The molecule has 1 amide bonds. The number of aryl methyl sites for hydroxylation is 1. The largest absolute Gasteiger partial charge is 0.332 e. The fraction of sp³-hybridized carbons (Fsp3) is 0.700. The molecule has 5 heteroatoms. The Hall–Kier alpha value is -1.39. The fourth-order valence-electron chi connectivity index (χ4n) is 1.64. The van der Waals surface area contributed by atoms with E-state index in [0.717, 1.165) is 0 Å². The average Bonchev–Trinajstić information content (AvgIpc) is 2.50. The number of amides is 1. The highest BCUT2D eigenvalue weighted by molar-refractivity contribution is 5.92. The van der Waals surface area contributed by atoms with Crippen LogP contribution >= 0.6 is 0 Å². The maximum absolute atomic E-state index is 12.1. The molecular formula is C10H18N4O. The van der Waals surface area contributed by atoms with Crippen LogP contribution in [-0.2, 0) is 7.05 Å². The van der Waals surface area contributed by atoms with Gasteiger partial charge in [0, 0.05) is 19.1 Å². The summed E-state index contributed by atoms with van der Waals surface area (Å²) in [5, 5.41) is 7.58. The third-order valence-electron chi connectivity index (χ3n) is 2.17. The predicted octanol–water partition coefficient (Wildman–Crippen LogP) is 1.07. The molecule has 0 aromatic carbocycles. The Balaban J connectivity index is 2.91. The highest BCUT2D eigenvalue weighted by Crippen LogP contribution is 2.09. The highest BCUT2D eigenvalue weighted by atomic mass is 16.2. The van der Waals surface area contributed by atoms with Gasteiger partial charge < -0.3 is 4.90 Å². The molecule has 1 aromatic rings. The van der Waals surface area contributed by atoms with Gasteiger partial charge in [0.15, 0.2) is 5.69 Å². The maximum atomic E-state index is 12.1. The highest BCUT2D eigenvalue weighted by Gasteiger charge is 2.23. The Bertz CT molecular complexity index is 335. The summed E-state index contributed by atoms with van der Waals surface area (Å²) in [5.74, 6) is -0.0619. The van der Waals surface area contributed by atoms with Crippen molar-refractivity contribution in [3.05, 3.63) is 11.9 Å². The van der Waals surface area contributed by atoms with Crippen LogP contribution in [0.5, 0.6) is 0 Å². The smallest absolute Gasteiger partial charge is 0.276 e. The number of hydrogen-bond acceptors (Lipinski definition) is 3. The molecule has 0 unspecified atom stereocenters. The van der Waals surface area contributed by atoms with Crippen molar-refractivity contribution in [1.29, 1.82) is 0 Å². The maximum Gasteiger partial charge on any atom is 0.276 e. The van der Waals surface area contributed by atoms with Crippen molar-refractivity contribution < 1.29 is 4.79 Å². The molecule has 0 spiro atoms. The summed E-state index contributed by atoms with van der Waals surface area (Å²) in [6, 6.07) is 0.332. The lowest BCUT2D eigenvalue weighted by Gasteiger charge is -2.29. The monoisotopic (exact) mass is 210 g/mol. The molecule has 84 valence electrons. The van der Waals surface area contributed by atoms with Gasteiger partial charge in [0.1, 0.15) is 0 Å². The Kier molecular flexibility index (Phi) is 3.44. The minimum Gasteiger partial charge on any atom is -0.332 e. The molecule has 5 nitrogen and oxygen atoms in total. The Morgan fingerprint density at radius 3 is 2.20 bits per heavy atom. The summed E-state index contributed by atoms with van der Waals surface area (Å²) < 4.78 is 1.53. The van der Waals surface area contributed by atoms with Crippen molar-refractivity contribution in [3.63, 3.8) is 0 Å². The first-order valence-electron chi connectivity index (χ1n) is 5.12. The van der Waals surface area contributed by atoms with E-state index < -0.39 is 0 Å². The predicted molar refractivity (Wildman–Crippen MR) is 57.4 cm³/mol. The summed E-state index contributed by atoms with van der Waals surface area (Å²) in [4.78, 5) is 13.8. The lowest BCUT2D eigenvalue weighted by molar-refractivity contribution is 0.0637. The molecule has 0 bridgehead atoms. The van der Waals surface area contributed by atoms with Gasteiger partial charge in [0.2, 0.25) is 0 Å². The lowest BCUT2D eigenvalue weighted by Crippen LogP contribution is -2.42. The zero-order valence-corrected chi connectivity index (χ0v) is 9.93. The van der Waals surface area contributed by atoms with E-state index in [-0.39, 0.29) is 18.0 Å². The summed E-state index contributed by atoms with van der Waals surface area (Å²) in [7, 11) is 1.75. The Labute approximate surface area is 90.1 Å². The number of carbonyl (C=O) groups excluding carboxylic acids is 1. The minimum absolute atomic E-state index is 0.0619. The van der Waals surface area contributed by atoms with E-state index in [1.807, 2.05) is 27.7 Å². The van der Waals surface area contributed by atoms with Crippen LogP contribution in [0.25, 0.3) is 0 Å². The van der Waals surface area contributed by atoms with Crippen molar-refractivity contribution in [3.8, 4) is 0 Å². The first-order valence-corrected chi connectivity index (χ1v) is 5.12. The van der Waals surface area contributed by atoms with Gasteiger partial charge in [-0.25, -0.2) is 0 Å². The molecule has 0 aliphatic carbocycles. The summed E-state index contributed by atoms with van der Waals surface area (Å²) in [6.07, 6.45) is 1.64. The van der Waals surface area contributed by atoms with Crippen molar-refractivity contribution >= 4 is 5.91 Å². The zero-order chi connectivity index (χ0) is 11.6. The summed E-state index contributed by atoms with van der Waals surface area (Å²) >= 11 is 0. The van der Waals surface area contributed by atoms with Gasteiger partial charge in [0.25, 0.3) is 5.91 Å². The average molecular weight is 210 g/mol. The molecule has 0 atom stereocenters. The second-order valence-electron chi connectivity index (χ2n) is 4.18. The second kappa shape index (κ2) is 4.42. The molecule has 0 radical (unpaired) electrons. The quantitative estimate of drug-likeness (QED) is 0.750. The van der Waals surface area contributed by atoms with Gasteiger partial charge >= 0.3 is 0 Å². The molecular weight excluding hydrogens is 192 g/mol. The van der Waals surface area contributed by atoms with Crippen LogP contribution in [0.3, 0.4) is 0 Å². The topological polar surface area (TPSA) is 51.0 Å². The van der Waals surface area contributed by atoms with Crippen molar-refractivity contribution in [2.24, 2.45) is 7.05 Å². The standard InChI is InChI=1S/C10H18N4O/c1-7(2)14(8(3)4)10(15)9-6-13(5)12-11-9/h6-8H,1-5H3. The fourth-order valence-corrected chi connectivity index (χ4v) is 1.64. The van der Waals surface area contributed by atoms with Crippen LogP contribution in [0, 0.1) is 0 Å². The van der Waals surface area contributed by atoms with E-state index in [1.165, 1.54) is 4.68 Å². The second-order valence-corrected chi connectivity index (χ2v) is 4.18. The van der Waals surface area contributed by atoms with Crippen LogP contribution in [-0.4, -0.2) is 37.9 Å². The van der Waals surface area contributed by atoms with Gasteiger partial charge in [-0.15, -0.1) is 5.10 Å². The Morgan fingerprint density at radius 1 is 1.33 bits per heavy atom. The third-order valence-corrected chi connectivity index (χ3v) is 2.17. The van der Waals surface area contributed by atoms with Crippen LogP contribution in [0.2, 0.25) is 0 Å². The molecule has 0 aliphatic heterocycles. The van der Waals surface area contributed by atoms with E-state index in [1.54, 1.807) is 18.1 Å². The van der Waals surface area contributed by atoms with Crippen LogP contribution < -0.4 is 0 Å². The van der Waals surface area contributed by atoms with Crippen LogP contribution in [0.1, 0.15) is 38.2 Å². The first-order chi connectivity index (χ1) is 6.93. The molecule has 0 saturated heterocycles. The van der Waals surface area contributed by atoms with Crippen molar-refractivity contribution in [1.82, 2.24) is 19.9 Å². The van der Waals surface area contributed by atoms with Crippen molar-refractivity contribution in [2.45, 2.75) is 39.8 Å². The molecule has 0 fully saturated rings. The normalized spacial score (nSPS) is 11.1. The molecule has 0 saturated carbocycles. The van der Waals surface area contributed by atoms with Gasteiger partial charge in [-0.05, 0) is 27.7 Å². The molecule has 0 N–H and O–H groups in total. The van der Waals surface area contributed by atoms with E-state index in [0.29, 0.717) is 5.69 Å². The first kappa shape index (κ1) is 11.7. The van der Waals surface area contributed by atoms with Gasteiger partial charge in [-0.1, -0.05) is 5.21 Å². The molecule has 0 aliphatic rings. The van der Waals surface area contributed by atoms with Gasteiger partial charge in [-0.3, -0.25) is 9.48 Å². The molecule has 15 heavy (non-hydrogen) atoms. The molecule has 1 aromatic heterocycles. The van der Waals surface area contributed by atoms with E-state index in [2.05, 4.69) is 10.3 Å². The lowest BCUT2D eigenvalue weighted by atomic mass is 10.2. The molecule has 1 heterocycles. The number of nitrogens with zero attached hydrogens (tertiary/aromatic N) is 4. The Morgan fingerprint density at radius 2 is 1.87 bits per heavy atom. The number of aromatic nitrogens is 3. The SMILES string of the molecule is CC(C)N(C(=O)c1cn(C)nn1)C(C)C. The number of hydrogen-bond donors (Lipinski definition) is 0. The molecule has 1 rings (SSSR count). The van der Waals surface area contributed by atoms with E-state index >= 15 is 0 Å². The van der Waals surface area contributed by atoms with E-state index in [9.17, 15) is 4.79 Å². The van der Waals surface area contributed by atoms with Gasteiger partial charge in [-0.2, -0.15) is 0 Å². The van der Waals surface area contributed by atoms with Crippen LogP contribution in [0.15, 0.2) is 6.20 Å². The minimum atomic E-state index is -0.0619. The zero-order valence-electron chi connectivity index (χ0n) is 9.93. The van der Waals surface area contributed by atoms with Gasteiger partial charge in [0.05, 0.1) is 6.20 Å². The van der Waals surface area contributed by atoms with Crippen LogP contribution in [0.4, 0.5) is 0 Å². The van der Waals surface area contributed by atoms with E-state index in [4.69, 9.17) is 0 Å². The number of rotatable bonds is 3. The summed E-state index contributed by atoms with van der Waals surface area (Å²) in [5.41, 5.74) is 0.403. The number of carbonyl (C=O) groups is 1. The summed E-state index contributed by atoms with van der Waals surface area (Å²) in [6.45, 7) is 7.98. The third kappa shape index (κ3) is 2.55.